The van der Waals surface area contributed by atoms with E-state index >= 15 is 0 Å². The van der Waals surface area contributed by atoms with Crippen LogP contribution in [0.4, 0.5) is 18.9 Å². The van der Waals surface area contributed by atoms with Gasteiger partial charge in [0.25, 0.3) is 5.56 Å². The van der Waals surface area contributed by atoms with Crippen molar-refractivity contribution in [3.8, 4) is 17.1 Å². The zero-order chi connectivity index (χ0) is 30.7. The van der Waals surface area contributed by atoms with Gasteiger partial charge in [0.15, 0.2) is 5.82 Å². The van der Waals surface area contributed by atoms with Crippen LogP contribution in [0.25, 0.3) is 22.3 Å². The number of carbonyl (C=O) groups is 1. The molecule has 0 saturated carbocycles. The van der Waals surface area contributed by atoms with Crippen LogP contribution in [0.15, 0.2) is 101 Å². The Morgan fingerprint density at radius 3 is 2.51 bits per heavy atom. The summed E-state index contributed by atoms with van der Waals surface area (Å²) in [6, 6.07) is 22.7. The number of benzene rings is 4. The van der Waals surface area contributed by atoms with Crippen molar-refractivity contribution in [2.45, 2.75) is 12.8 Å². The molecule has 0 aliphatic carbocycles. The van der Waals surface area contributed by atoms with Crippen LogP contribution in [0.1, 0.15) is 27.0 Å². The third-order valence-corrected chi connectivity index (χ3v) is 6.60. The summed E-state index contributed by atoms with van der Waals surface area (Å²) in [6.07, 6.45) is -3.22. The van der Waals surface area contributed by atoms with Crippen LogP contribution in [0.3, 0.4) is 0 Å². The predicted octanol–water partition coefficient (Wildman–Crippen LogP) is 6.31. The summed E-state index contributed by atoms with van der Waals surface area (Å²) in [5, 5.41) is 13.9. The molecule has 0 atom stereocenters. The number of rotatable bonds is 8. The van der Waals surface area contributed by atoms with E-state index in [9.17, 15) is 27.9 Å². The fourth-order valence-corrected chi connectivity index (χ4v) is 4.36. The molecule has 1 N–H and O–H groups in total. The zero-order valence-corrected chi connectivity index (χ0v) is 23.0. The Morgan fingerprint density at radius 1 is 1.00 bits per heavy atom. The average molecular weight is 587 g/mol. The molecule has 0 unspecified atom stereocenters. The molecule has 1 heterocycles. The van der Waals surface area contributed by atoms with E-state index in [1.54, 1.807) is 48.5 Å². The number of anilines is 1. The third kappa shape index (κ3) is 6.40. The molecule has 1 aromatic heterocycles. The van der Waals surface area contributed by atoms with E-state index in [1.165, 1.54) is 30.5 Å². The number of hydrogen-bond acceptors (Lipinski definition) is 6. The highest BCUT2D eigenvalue weighted by Crippen LogP contribution is 2.32. The van der Waals surface area contributed by atoms with E-state index in [2.05, 4.69) is 10.1 Å². The Labute approximate surface area is 243 Å². The van der Waals surface area contributed by atoms with Crippen molar-refractivity contribution in [3.63, 3.8) is 0 Å². The maximum absolute atomic E-state index is 13.6. The summed E-state index contributed by atoms with van der Waals surface area (Å²) in [5.74, 6) is -0.739. The van der Waals surface area contributed by atoms with E-state index in [1.807, 2.05) is 25.1 Å². The molecule has 218 valence electrons. The average Bonchev–Trinajstić information content (AvgIpc) is 2.99. The van der Waals surface area contributed by atoms with E-state index in [0.717, 1.165) is 22.5 Å². The van der Waals surface area contributed by atoms with E-state index < -0.39 is 23.3 Å². The van der Waals surface area contributed by atoms with Crippen molar-refractivity contribution in [1.82, 2.24) is 9.66 Å². The van der Waals surface area contributed by atoms with Gasteiger partial charge < -0.3 is 14.7 Å². The van der Waals surface area contributed by atoms with Crippen LogP contribution in [0, 0.1) is 0 Å². The van der Waals surface area contributed by atoms with Crippen molar-refractivity contribution >= 4 is 28.8 Å². The number of carboxylic acid groups (broad SMARTS) is 1. The highest BCUT2D eigenvalue weighted by molar-refractivity contribution is 5.88. The van der Waals surface area contributed by atoms with Gasteiger partial charge in [-0.15, -0.1) is 0 Å². The SMILES string of the molecule is CN(C)c1ccc(C=Nn2c(-c3cccc(C(F)(F)F)c3)nc3ccccc3c2=O)c(OCc2cccc(C(=O)O)c2)c1. The number of ether oxygens (including phenoxy) is 1. The van der Waals surface area contributed by atoms with Gasteiger partial charge in [-0.3, -0.25) is 4.79 Å². The molecule has 8 nitrogen and oxygen atoms in total. The maximum atomic E-state index is 13.6. The fraction of sp³-hybridized carbons (Fsp3) is 0.125. The van der Waals surface area contributed by atoms with Crippen molar-refractivity contribution in [2.75, 3.05) is 19.0 Å². The van der Waals surface area contributed by atoms with Crippen LogP contribution in [0.2, 0.25) is 0 Å². The first-order valence-electron chi connectivity index (χ1n) is 13.0. The third-order valence-electron chi connectivity index (χ3n) is 6.60. The molecule has 0 saturated heterocycles. The normalized spacial score (nSPS) is 11.7. The van der Waals surface area contributed by atoms with E-state index in [-0.39, 0.29) is 28.9 Å². The van der Waals surface area contributed by atoms with Crippen LogP contribution in [0.5, 0.6) is 5.75 Å². The standard InChI is InChI=1S/C32H25F3N4O4/c1-38(2)25-14-13-23(28(17-25)43-19-20-7-5-9-22(15-20)31(41)42)18-36-39-29(21-8-6-10-24(16-21)32(33,34)35)37-27-12-4-3-11-26(27)30(39)40/h3-18H,19H2,1-2H3,(H,41,42). The van der Waals surface area contributed by atoms with Gasteiger partial charge in [-0.05, 0) is 54.1 Å². The molecular formula is C32H25F3N4O4. The molecule has 0 spiro atoms. The van der Waals surface area contributed by atoms with E-state index in [0.29, 0.717) is 22.4 Å². The van der Waals surface area contributed by atoms with Crippen LogP contribution in [-0.4, -0.2) is 41.0 Å². The van der Waals surface area contributed by atoms with Gasteiger partial charge >= 0.3 is 12.1 Å². The smallest absolute Gasteiger partial charge is 0.416 e. The van der Waals surface area contributed by atoms with Crippen molar-refractivity contribution in [1.29, 1.82) is 0 Å². The van der Waals surface area contributed by atoms with Crippen LogP contribution >= 0.6 is 0 Å². The van der Waals surface area contributed by atoms with Gasteiger partial charge in [0, 0.05) is 37.0 Å². The van der Waals surface area contributed by atoms with Gasteiger partial charge in [-0.25, -0.2) is 9.78 Å². The van der Waals surface area contributed by atoms with Gasteiger partial charge in [0.1, 0.15) is 12.4 Å². The summed E-state index contributed by atoms with van der Waals surface area (Å²) in [7, 11) is 3.70. The number of hydrogen-bond donors (Lipinski definition) is 1. The Kier molecular flexibility index (Phi) is 7.98. The number of alkyl halides is 3. The lowest BCUT2D eigenvalue weighted by molar-refractivity contribution is -0.137. The highest BCUT2D eigenvalue weighted by atomic mass is 19.4. The number of nitrogens with zero attached hydrogens (tertiary/aromatic N) is 4. The largest absolute Gasteiger partial charge is 0.488 e. The molecular weight excluding hydrogens is 561 g/mol. The quantitative estimate of drug-likeness (QED) is 0.214. The summed E-state index contributed by atoms with van der Waals surface area (Å²) in [5.41, 5.74) is 0.949. The Morgan fingerprint density at radius 2 is 1.77 bits per heavy atom. The van der Waals surface area contributed by atoms with Crippen molar-refractivity contribution < 1.29 is 27.8 Å². The minimum absolute atomic E-state index is 0.0474. The molecule has 5 rings (SSSR count). The van der Waals surface area contributed by atoms with Crippen LogP contribution in [-0.2, 0) is 12.8 Å². The number of carboxylic acids is 1. The Balaban J connectivity index is 1.59. The van der Waals surface area contributed by atoms with Gasteiger partial charge in [-0.2, -0.15) is 22.9 Å². The summed E-state index contributed by atoms with van der Waals surface area (Å²) >= 11 is 0. The van der Waals surface area contributed by atoms with Gasteiger partial charge in [0.05, 0.1) is 28.2 Å². The van der Waals surface area contributed by atoms with Gasteiger partial charge in [-0.1, -0.05) is 36.4 Å². The molecule has 0 radical (unpaired) electrons. The number of para-hydroxylation sites is 1. The molecule has 5 aromatic rings. The second kappa shape index (κ2) is 11.8. The highest BCUT2D eigenvalue weighted by Gasteiger charge is 2.31. The van der Waals surface area contributed by atoms with Crippen LogP contribution < -0.4 is 15.2 Å². The minimum Gasteiger partial charge on any atom is -0.488 e. The number of halogens is 3. The molecule has 0 aliphatic heterocycles. The first-order chi connectivity index (χ1) is 20.5. The molecule has 0 aliphatic rings. The molecule has 4 aromatic carbocycles. The predicted molar refractivity (Wildman–Crippen MR) is 158 cm³/mol. The molecule has 0 bridgehead atoms. The minimum atomic E-state index is -4.59. The second-order valence-electron chi connectivity index (χ2n) is 9.80. The van der Waals surface area contributed by atoms with Crippen molar-refractivity contribution in [2.24, 2.45) is 5.10 Å². The van der Waals surface area contributed by atoms with E-state index in [4.69, 9.17) is 4.74 Å². The molecule has 0 amide bonds. The molecule has 43 heavy (non-hydrogen) atoms. The monoisotopic (exact) mass is 586 g/mol. The topological polar surface area (TPSA) is 97.0 Å². The summed E-state index contributed by atoms with van der Waals surface area (Å²) in [4.78, 5) is 31.3. The lowest BCUT2D eigenvalue weighted by atomic mass is 10.1. The fourth-order valence-electron chi connectivity index (χ4n) is 4.36. The Hall–Kier alpha value is -5.45. The number of fused-ring (bicyclic) bond motifs is 1. The van der Waals surface area contributed by atoms with Crippen molar-refractivity contribution in [3.05, 3.63) is 124 Å². The lowest BCUT2D eigenvalue weighted by Gasteiger charge is -2.16. The Bertz CT molecular complexity index is 1920. The molecule has 11 heteroatoms. The molecule has 0 fully saturated rings. The van der Waals surface area contributed by atoms with Gasteiger partial charge in [0.2, 0.25) is 0 Å². The first-order valence-corrected chi connectivity index (χ1v) is 13.0. The summed E-state index contributed by atoms with van der Waals surface area (Å²) < 4.78 is 47.6. The number of aromatic nitrogens is 2. The summed E-state index contributed by atoms with van der Waals surface area (Å²) in [6.45, 7) is 0.0474. The number of aromatic carboxylic acids is 1. The first kappa shape index (κ1) is 29.1. The lowest BCUT2D eigenvalue weighted by Crippen LogP contribution is -2.20. The second-order valence-corrected chi connectivity index (χ2v) is 9.80. The maximum Gasteiger partial charge on any atom is 0.416 e. The zero-order valence-electron chi connectivity index (χ0n) is 23.0.